The van der Waals surface area contributed by atoms with Crippen molar-refractivity contribution in [3.05, 3.63) is 471 Å². The van der Waals surface area contributed by atoms with E-state index in [9.17, 15) is 36.8 Å². The summed E-state index contributed by atoms with van der Waals surface area (Å²) >= 11 is 0. The smallest absolute Gasteiger partial charge is 0.196 e. The molecule has 0 atom stereocenters. The first kappa shape index (κ1) is 89.1. The molecule has 0 spiro atoms. The number of rotatable bonds is 15. The molecule has 0 aliphatic rings. The summed E-state index contributed by atoms with van der Waals surface area (Å²) in [6, 6.07) is 122. The maximum Gasteiger partial charge on any atom is 0.196 e. The number of nitrogens with zero attached hydrogens (tertiary/aromatic N) is 22. The van der Waals surface area contributed by atoms with Crippen molar-refractivity contribution < 1.29 is 0 Å². The van der Waals surface area contributed by atoms with Gasteiger partial charge in [-0.15, -0.1) is 0 Å². The third-order valence-corrected chi connectivity index (χ3v) is 24.6. The summed E-state index contributed by atoms with van der Waals surface area (Å²) in [7, 11) is 0. The van der Waals surface area contributed by atoms with E-state index in [0.717, 1.165) is 60.4 Å². The van der Waals surface area contributed by atoms with Crippen LogP contribution in [0, 0.1) is 125 Å². The monoisotopic (exact) mass is 1830 g/mol. The Labute approximate surface area is 824 Å². The van der Waals surface area contributed by atoms with Gasteiger partial charge in [0.15, 0.2) is 74.8 Å². The highest BCUT2D eigenvalue weighted by atomic mass is 15.1. The first-order chi connectivity index (χ1) is 70.6. The molecular formula is C122H58N22. The highest BCUT2D eigenvalue weighted by Gasteiger charge is 2.30. The van der Waals surface area contributed by atoms with Gasteiger partial charge >= 0.3 is 0 Å². The van der Waals surface area contributed by atoms with Gasteiger partial charge in [-0.3, -0.25) is 0 Å². The van der Waals surface area contributed by atoms with Crippen molar-refractivity contribution in [2.45, 2.75) is 0 Å². The SMILES string of the molecule is [C-]#[N+]c1cc([N+]#[C-])cc(-c2cc(-c3nc(-c4ccccc4)nc(-c4ccccc4)n3)cc(-c3cc(C#N)cc(C#N)c3)c2-n2c3ccc(-c4ccc([N+]#[C-])cc4C#N)cc3c3cc(-c4ccc(C#N)cc4[N+]#[C-])ccc32)c1.[C-]#[N+]c1cc([N+]#[C-])cc(-c2cc(-c3nc(-c4ccccc4)nc(-c4ccccc4)n3)cc(-c3cc(C#N)cc(C#N)c3)c2-n2c3ccccc3c3cc(-c4ccc(C#N)cc4[N+]#[C-])ccc32)c1. The first-order valence-corrected chi connectivity index (χ1v) is 44.4. The van der Waals surface area contributed by atoms with Gasteiger partial charge in [-0.1, -0.05) is 218 Å². The molecule has 0 saturated heterocycles. The Bertz CT molecular complexity index is 9150. The molecule has 21 aromatic rings. The van der Waals surface area contributed by atoms with Crippen LogP contribution in [-0.2, 0) is 0 Å². The van der Waals surface area contributed by atoms with Crippen molar-refractivity contribution in [3.8, 4) is 200 Å². The average molecular weight is 1830 g/mol. The lowest BCUT2D eigenvalue weighted by atomic mass is 9.90. The number of hydrogen-bond donors (Lipinski definition) is 0. The fourth-order valence-corrected chi connectivity index (χ4v) is 18.2. The summed E-state index contributed by atoms with van der Waals surface area (Å²) in [6.45, 7) is 56.2. The van der Waals surface area contributed by atoms with Gasteiger partial charge in [-0.25, -0.2) is 63.8 Å². The zero-order chi connectivity index (χ0) is 99.2. The number of fused-ring (bicyclic) bond motifs is 6. The van der Waals surface area contributed by atoms with E-state index in [-0.39, 0.29) is 50.7 Å². The van der Waals surface area contributed by atoms with Crippen LogP contribution < -0.4 is 0 Å². The van der Waals surface area contributed by atoms with Crippen LogP contribution in [0.4, 0.5) is 39.8 Å². The molecule has 656 valence electrons. The second-order valence-corrected chi connectivity index (χ2v) is 33.1. The minimum atomic E-state index is 0.217. The van der Waals surface area contributed by atoms with Crippen molar-refractivity contribution in [1.29, 1.82) is 36.8 Å². The zero-order valence-corrected chi connectivity index (χ0v) is 75.3. The molecule has 0 fully saturated rings. The van der Waals surface area contributed by atoms with Crippen molar-refractivity contribution in [3.63, 3.8) is 0 Å². The summed E-state index contributed by atoms with van der Waals surface area (Å²) in [6.07, 6.45) is 0. The molecule has 22 nitrogen and oxygen atoms in total. The molecule has 0 bridgehead atoms. The van der Waals surface area contributed by atoms with Gasteiger partial charge in [0.2, 0.25) is 0 Å². The number of benzene rings is 17. The van der Waals surface area contributed by atoms with Gasteiger partial charge in [0.1, 0.15) is 0 Å². The Morgan fingerprint density at radius 2 is 0.479 bits per heavy atom. The fourth-order valence-electron chi connectivity index (χ4n) is 18.2. The molecule has 0 aliphatic carbocycles. The van der Waals surface area contributed by atoms with Gasteiger partial charge in [-0.05, 0) is 189 Å². The van der Waals surface area contributed by atoms with E-state index in [1.165, 1.54) is 12.1 Å². The van der Waals surface area contributed by atoms with E-state index in [1.54, 1.807) is 115 Å². The number of aromatic nitrogens is 8. The number of hydrogen-bond acceptors (Lipinski definition) is 13. The minimum absolute atomic E-state index is 0.217. The topological polar surface area (TPSA) is 284 Å². The normalized spacial score (nSPS) is 10.5. The predicted octanol–water partition coefficient (Wildman–Crippen LogP) is 30.6. The first-order valence-electron chi connectivity index (χ1n) is 44.4. The maximum absolute atomic E-state index is 10.5. The highest BCUT2D eigenvalue weighted by molar-refractivity contribution is 6.15. The summed E-state index contributed by atoms with van der Waals surface area (Å²) < 4.78 is 4.20. The van der Waals surface area contributed by atoms with Crippen molar-refractivity contribution >= 4 is 83.4 Å². The van der Waals surface area contributed by atoms with Crippen LogP contribution in [0.2, 0.25) is 0 Å². The Morgan fingerprint density at radius 3 is 0.799 bits per heavy atom. The molecule has 0 aliphatic heterocycles. The Morgan fingerprint density at radius 1 is 0.188 bits per heavy atom. The van der Waals surface area contributed by atoms with Crippen LogP contribution in [-0.4, -0.2) is 39.0 Å². The summed E-state index contributed by atoms with van der Waals surface area (Å²) in [4.78, 5) is 56.6. The van der Waals surface area contributed by atoms with E-state index >= 15 is 0 Å². The maximum atomic E-state index is 10.5. The number of nitriles is 7. The lowest BCUT2D eigenvalue weighted by Crippen LogP contribution is -2.04. The summed E-state index contributed by atoms with van der Waals surface area (Å²) in [5.74, 6) is 2.35. The van der Waals surface area contributed by atoms with Crippen LogP contribution in [0.15, 0.2) is 352 Å². The van der Waals surface area contributed by atoms with Crippen LogP contribution in [0.25, 0.3) is 235 Å². The summed E-state index contributed by atoms with van der Waals surface area (Å²) in [5.41, 5.74) is 20.7. The third-order valence-electron chi connectivity index (χ3n) is 24.6. The molecule has 22 heteroatoms. The molecule has 21 rings (SSSR count). The van der Waals surface area contributed by atoms with E-state index in [2.05, 4.69) is 85.5 Å². The molecule has 144 heavy (non-hydrogen) atoms. The molecule has 17 aromatic carbocycles. The quantitative estimate of drug-likeness (QED) is 0.0864. The van der Waals surface area contributed by atoms with E-state index in [1.807, 2.05) is 224 Å². The second kappa shape index (κ2) is 38.3. The van der Waals surface area contributed by atoms with Crippen LogP contribution >= 0.6 is 0 Å². The summed E-state index contributed by atoms with van der Waals surface area (Å²) in [5, 5.41) is 74.6. The molecule has 0 saturated carbocycles. The van der Waals surface area contributed by atoms with Gasteiger partial charge < -0.3 is 9.13 Å². The van der Waals surface area contributed by atoms with E-state index in [0.29, 0.717) is 169 Å². The minimum Gasteiger partial charge on any atom is -0.308 e. The molecule has 0 amide bonds. The Kier molecular flexibility index (Phi) is 23.7. The molecule has 4 heterocycles. The van der Waals surface area contributed by atoms with E-state index in [4.69, 9.17) is 75.9 Å². The molecule has 0 radical (unpaired) electrons. The van der Waals surface area contributed by atoms with Gasteiger partial charge in [-0.2, -0.15) is 36.8 Å². The standard InChI is InChI=1S/C65H30N12.C57H28N10/c1-70-50-18-20-53(49(29-50)38-69)44-16-21-60-57(30-44)58-31-45(54-19-15-39(35-66)26-59(54)73-4)17-22-61(58)77(60)62-55(46-24-40(36-67)23-41(25-46)37-68)32-48(33-56(62)47-27-51(71-2)34-52(28-47)72-3)65-75-63(42-11-7-5-8-12-42)74-64(76-65)43-13-9-6-10-14-43;1-61-44-26-42(27-45(31-44)62-2)49-30-43(57-65-55(38-12-6-4-7-13-38)64-56(66-57)39-14-8-5-9-15-39)29-48(41-23-36(33-59)22-37(24-41)34-60)54(49)67-52-17-11-10-16-47(52)50-28-40(19-21-53(50)67)46-20-18-35(32-58)25-51(46)63-3/h5-34H;4-31H. The third kappa shape index (κ3) is 16.9. The highest BCUT2D eigenvalue weighted by Crippen LogP contribution is 2.51. The molecule has 0 N–H and O–H groups in total. The Hall–Kier alpha value is -22.8. The van der Waals surface area contributed by atoms with Crippen molar-refractivity contribution in [2.75, 3.05) is 0 Å². The Balaban J connectivity index is 0.000000177. The molecule has 0 unspecified atom stereocenters. The lowest BCUT2D eigenvalue weighted by molar-refractivity contribution is 1.07. The fraction of sp³-hybridized carbons (Fsp3) is 0. The van der Waals surface area contributed by atoms with Crippen molar-refractivity contribution in [1.82, 2.24) is 39.0 Å². The molecular weight excluding hydrogens is 1770 g/mol. The van der Waals surface area contributed by atoms with E-state index < -0.39 is 0 Å². The van der Waals surface area contributed by atoms with Gasteiger partial charge in [0.25, 0.3) is 0 Å². The van der Waals surface area contributed by atoms with Crippen molar-refractivity contribution in [2.24, 2.45) is 0 Å². The lowest BCUT2D eigenvalue weighted by Gasteiger charge is -2.22. The zero-order valence-electron chi connectivity index (χ0n) is 75.3. The predicted molar refractivity (Wildman–Crippen MR) is 556 cm³/mol. The van der Waals surface area contributed by atoms with Gasteiger partial charge in [0, 0.05) is 93.9 Å². The molecule has 4 aromatic heterocycles. The van der Waals surface area contributed by atoms with Crippen LogP contribution in [0.5, 0.6) is 0 Å². The largest absolute Gasteiger partial charge is 0.308 e. The van der Waals surface area contributed by atoms with Gasteiger partial charge in [0.05, 0.1) is 144 Å². The second-order valence-electron chi connectivity index (χ2n) is 33.1. The number of para-hydroxylation sites is 1. The average Bonchev–Trinajstić information content (AvgIpc) is 1.55. The van der Waals surface area contributed by atoms with Crippen LogP contribution in [0.1, 0.15) is 38.9 Å². The van der Waals surface area contributed by atoms with Crippen LogP contribution in [0.3, 0.4) is 0 Å².